The van der Waals surface area contributed by atoms with Crippen molar-refractivity contribution < 1.29 is 0 Å². The summed E-state index contributed by atoms with van der Waals surface area (Å²) < 4.78 is 0. The molecule has 0 atom stereocenters. The highest BCUT2D eigenvalue weighted by Crippen LogP contribution is 2.16. The number of para-hydroxylation sites is 1. The van der Waals surface area contributed by atoms with Gasteiger partial charge in [-0.3, -0.25) is 5.43 Å². The van der Waals surface area contributed by atoms with Crippen LogP contribution in [-0.2, 0) is 0 Å². The molecule has 0 aliphatic heterocycles. The molecule has 0 aliphatic rings. The molecule has 2 nitrogen and oxygen atoms in total. The normalized spacial score (nSPS) is 11.7. The Balaban J connectivity index is 2.08. The molecule has 1 N–H and O–H groups in total. The van der Waals surface area contributed by atoms with E-state index in [1.54, 1.807) is 0 Å². The van der Waals surface area contributed by atoms with Gasteiger partial charge in [0.15, 0.2) is 5.17 Å². The number of hydrogen-bond acceptors (Lipinski definition) is 2. The van der Waals surface area contributed by atoms with Gasteiger partial charge in [0, 0.05) is 5.56 Å². The van der Waals surface area contributed by atoms with E-state index in [0.717, 1.165) is 11.3 Å². The van der Waals surface area contributed by atoms with Crippen molar-refractivity contribution in [2.45, 2.75) is 19.8 Å². The fourth-order valence-electron chi connectivity index (χ4n) is 1.70. The number of anilines is 1. The molecule has 98 valence electrons. The maximum absolute atomic E-state index is 6.18. The first kappa shape index (κ1) is 13.6. The molecular weight excluding hydrogens is 256 g/mol. The fraction of sp³-hybridized carbons (Fsp3) is 0.188. The Morgan fingerprint density at radius 2 is 1.63 bits per heavy atom. The Labute approximate surface area is 119 Å². The van der Waals surface area contributed by atoms with Crippen molar-refractivity contribution in [2.24, 2.45) is 5.10 Å². The third kappa shape index (κ3) is 3.83. The van der Waals surface area contributed by atoms with E-state index in [1.807, 2.05) is 42.5 Å². The molecule has 2 aromatic rings. The number of rotatable bonds is 4. The van der Waals surface area contributed by atoms with E-state index in [4.69, 9.17) is 11.6 Å². The second kappa shape index (κ2) is 6.39. The van der Waals surface area contributed by atoms with Crippen LogP contribution in [0.2, 0.25) is 0 Å². The van der Waals surface area contributed by atoms with Crippen molar-refractivity contribution in [1.82, 2.24) is 0 Å². The Bertz CT molecular complexity index is 545. The van der Waals surface area contributed by atoms with Crippen molar-refractivity contribution in [3.05, 3.63) is 65.7 Å². The number of benzene rings is 2. The first-order chi connectivity index (χ1) is 9.16. The van der Waals surface area contributed by atoms with E-state index >= 15 is 0 Å². The van der Waals surface area contributed by atoms with Crippen LogP contribution in [0.15, 0.2) is 59.7 Å². The largest absolute Gasteiger partial charge is 0.277 e. The summed E-state index contributed by atoms with van der Waals surface area (Å²) in [6.45, 7) is 4.34. The molecule has 19 heavy (non-hydrogen) atoms. The van der Waals surface area contributed by atoms with Gasteiger partial charge in [-0.05, 0) is 23.6 Å². The Morgan fingerprint density at radius 3 is 2.21 bits per heavy atom. The minimum atomic E-state index is 0.458. The van der Waals surface area contributed by atoms with Crippen LogP contribution >= 0.6 is 11.6 Å². The Hall–Kier alpha value is -1.80. The number of hydrogen-bond donors (Lipinski definition) is 1. The standard InChI is InChI=1S/C16H17ClN2/c1-12(2)13-8-10-14(11-9-13)16(17)19-18-15-6-4-3-5-7-15/h3-12,18H,1-2H3/b19-16-. The summed E-state index contributed by atoms with van der Waals surface area (Å²) in [5.41, 5.74) is 6.06. The molecule has 0 spiro atoms. The summed E-state index contributed by atoms with van der Waals surface area (Å²) in [7, 11) is 0. The van der Waals surface area contributed by atoms with Gasteiger partial charge >= 0.3 is 0 Å². The number of nitrogens with zero attached hydrogens (tertiary/aromatic N) is 1. The molecule has 0 bridgehead atoms. The van der Waals surface area contributed by atoms with Crippen LogP contribution in [0.3, 0.4) is 0 Å². The van der Waals surface area contributed by atoms with E-state index < -0.39 is 0 Å². The molecule has 0 saturated heterocycles. The van der Waals surface area contributed by atoms with E-state index in [1.165, 1.54) is 5.56 Å². The summed E-state index contributed by atoms with van der Waals surface area (Å²) in [4.78, 5) is 0. The van der Waals surface area contributed by atoms with Crippen LogP contribution < -0.4 is 5.43 Å². The maximum Gasteiger partial charge on any atom is 0.156 e. The van der Waals surface area contributed by atoms with Gasteiger partial charge in [0.05, 0.1) is 5.69 Å². The highest BCUT2D eigenvalue weighted by molar-refractivity contribution is 6.69. The number of hydrazone groups is 1. The van der Waals surface area contributed by atoms with Crippen molar-refractivity contribution in [1.29, 1.82) is 0 Å². The average molecular weight is 273 g/mol. The van der Waals surface area contributed by atoms with Crippen LogP contribution in [0.4, 0.5) is 5.69 Å². The first-order valence-electron chi connectivity index (χ1n) is 6.31. The molecular formula is C16H17ClN2. The minimum absolute atomic E-state index is 0.458. The SMILES string of the molecule is CC(C)c1ccc(/C(Cl)=N/Nc2ccccc2)cc1. The lowest BCUT2D eigenvalue weighted by Crippen LogP contribution is -1.97. The van der Waals surface area contributed by atoms with Crippen LogP contribution in [-0.4, -0.2) is 5.17 Å². The second-order valence-electron chi connectivity index (χ2n) is 4.66. The molecule has 3 heteroatoms. The van der Waals surface area contributed by atoms with Gasteiger partial charge in [0.2, 0.25) is 0 Å². The van der Waals surface area contributed by atoms with Crippen LogP contribution in [0, 0.1) is 0 Å². The average Bonchev–Trinajstić information content (AvgIpc) is 2.46. The molecule has 0 fully saturated rings. The lowest BCUT2D eigenvalue weighted by molar-refractivity contribution is 0.866. The highest BCUT2D eigenvalue weighted by Gasteiger charge is 2.02. The van der Waals surface area contributed by atoms with Crippen LogP contribution in [0.1, 0.15) is 30.9 Å². The van der Waals surface area contributed by atoms with Crippen LogP contribution in [0.5, 0.6) is 0 Å². The maximum atomic E-state index is 6.18. The zero-order valence-electron chi connectivity index (χ0n) is 11.1. The van der Waals surface area contributed by atoms with Gasteiger partial charge in [0.1, 0.15) is 0 Å². The first-order valence-corrected chi connectivity index (χ1v) is 6.69. The Kier molecular flexibility index (Phi) is 4.58. The van der Waals surface area contributed by atoms with E-state index in [2.05, 4.69) is 36.5 Å². The molecule has 0 radical (unpaired) electrons. The summed E-state index contributed by atoms with van der Waals surface area (Å²) >= 11 is 6.18. The minimum Gasteiger partial charge on any atom is -0.277 e. The zero-order chi connectivity index (χ0) is 13.7. The fourth-order valence-corrected chi connectivity index (χ4v) is 1.86. The van der Waals surface area contributed by atoms with Crippen molar-refractivity contribution in [2.75, 3.05) is 5.43 Å². The third-order valence-electron chi connectivity index (χ3n) is 2.87. The zero-order valence-corrected chi connectivity index (χ0v) is 11.9. The molecule has 0 saturated carbocycles. The van der Waals surface area contributed by atoms with Crippen molar-refractivity contribution >= 4 is 22.5 Å². The van der Waals surface area contributed by atoms with Crippen LogP contribution in [0.25, 0.3) is 0 Å². The summed E-state index contributed by atoms with van der Waals surface area (Å²) in [6.07, 6.45) is 0. The van der Waals surface area contributed by atoms with Crippen molar-refractivity contribution in [3.63, 3.8) is 0 Å². The molecule has 0 amide bonds. The third-order valence-corrected chi connectivity index (χ3v) is 3.18. The molecule has 0 heterocycles. The van der Waals surface area contributed by atoms with Gasteiger partial charge in [-0.2, -0.15) is 5.10 Å². The monoisotopic (exact) mass is 272 g/mol. The summed E-state index contributed by atoms with van der Waals surface area (Å²) in [5.74, 6) is 0.521. The van der Waals surface area contributed by atoms with Gasteiger partial charge in [0.25, 0.3) is 0 Å². The predicted molar refractivity (Wildman–Crippen MR) is 83.0 cm³/mol. The molecule has 0 unspecified atom stereocenters. The summed E-state index contributed by atoms with van der Waals surface area (Å²) in [5, 5.41) is 4.63. The second-order valence-corrected chi connectivity index (χ2v) is 5.02. The van der Waals surface area contributed by atoms with E-state index in [0.29, 0.717) is 11.1 Å². The Morgan fingerprint density at radius 1 is 1.00 bits per heavy atom. The molecule has 2 rings (SSSR count). The van der Waals surface area contributed by atoms with Gasteiger partial charge in [-0.15, -0.1) is 0 Å². The topological polar surface area (TPSA) is 24.4 Å². The van der Waals surface area contributed by atoms with E-state index in [9.17, 15) is 0 Å². The number of nitrogens with one attached hydrogen (secondary N) is 1. The smallest absolute Gasteiger partial charge is 0.156 e. The van der Waals surface area contributed by atoms with Gasteiger partial charge in [-0.25, -0.2) is 0 Å². The lowest BCUT2D eigenvalue weighted by Gasteiger charge is -2.06. The summed E-state index contributed by atoms with van der Waals surface area (Å²) in [6, 6.07) is 17.9. The molecule has 2 aromatic carbocycles. The lowest BCUT2D eigenvalue weighted by atomic mass is 10.0. The quantitative estimate of drug-likeness (QED) is 0.626. The van der Waals surface area contributed by atoms with Crippen molar-refractivity contribution in [3.8, 4) is 0 Å². The van der Waals surface area contributed by atoms with Gasteiger partial charge in [-0.1, -0.05) is 67.9 Å². The van der Waals surface area contributed by atoms with Gasteiger partial charge < -0.3 is 0 Å². The number of halogens is 1. The molecule has 0 aromatic heterocycles. The predicted octanol–water partition coefficient (Wildman–Crippen LogP) is 4.82. The van der Waals surface area contributed by atoms with E-state index in [-0.39, 0.29) is 0 Å². The molecule has 0 aliphatic carbocycles. The highest BCUT2D eigenvalue weighted by atomic mass is 35.5.